The third kappa shape index (κ3) is 6.73. The third-order valence-corrected chi connectivity index (χ3v) is 7.92. The Morgan fingerprint density at radius 2 is 1.33 bits per heavy atom. The molecule has 3 rings (SSSR count). The lowest BCUT2D eigenvalue weighted by molar-refractivity contribution is -0.179. The molecule has 2 N–H and O–H groups in total. The second-order valence-electron chi connectivity index (χ2n) is 13.2. The Kier molecular flexibility index (Phi) is 8.60. The fourth-order valence-electron chi connectivity index (χ4n) is 7.23. The quantitative estimate of drug-likeness (QED) is 0.541. The molecular weight excluding hydrogens is 412 g/mol. The van der Waals surface area contributed by atoms with Crippen LogP contribution in [0.1, 0.15) is 131 Å². The lowest BCUT2D eigenvalue weighted by Gasteiger charge is -2.50. The zero-order valence-corrected chi connectivity index (χ0v) is 22.5. The Morgan fingerprint density at radius 3 is 1.79 bits per heavy atom. The number of carbonyl (C=O) groups is 1. The van der Waals surface area contributed by atoms with Crippen LogP contribution in [0.15, 0.2) is 0 Å². The molecule has 1 atom stereocenters. The van der Waals surface area contributed by atoms with Gasteiger partial charge in [0.25, 0.3) is 5.91 Å². The maximum atomic E-state index is 14.3. The molecule has 2 aliphatic heterocycles. The van der Waals surface area contributed by atoms with E-state index < -0.39 is 17.4 Å². The molecule has 0 aromatic rings. The van der Waals surface area contributed by atoms with Crippen LogP contribution in [0.4, 0.5) is 0 Å². The molecule has 1 amide bonds. The van der Waals surface area contributed by atoms with Crippen molar-refractivity contribution in [3.63, 3.8) is 0 Å². The van der Waals surface area contributed by atoms with Crippen LogP contribution in [0.5, 0.6) is 0 Å². The van der Waals surface area contributed by atoms with Crippen LogP contribution in [0.25, 0.3) is 0 Å². The van der Waals surface area contributed by atoms with Gasteiger partial charge < -0.3 is 20.1 Å². The molecule has 1 aliphatic carbocycles. The first-order chi connectivity index (χ1) is 15.4. The van der Waals surface area contributed by atoms with Crippen LogP contribution in [0.3, 0.4) is 0 Å². The number of piperidine rings is 1. The zero-order chi connectivity index (χ0) is 24.3. The van der Waals surface area contributed by atoms with E-state index in [1.807, 2.05) is 4.90 Å². The van der Waals surface area contributed by atoms with E-state index in [1.165, 1.54) is 44.9 Å². The van der Waals surface area contributed by atoms with E-state index in [4.69, 9.17) is 4.74 Å². The molecule has 33 heavy (non-hydrogen) atoms. The van der Waals surface area contributed by atoms with Gasteiger partial charge in [-0.25, -0.2) is 0 Å². The SMILES string of the molecule is CC(C)CC(O)CN1C(=O)C2(CC(C)(C)NC(C)(C)C2)OC12CCCCCCCCCCC2. The number of nitrogens with one attached hydrogen (secondary N) is 1. The van der Waals surface area contributed by atoms with E-state index in [1.54, 1.807) is 0 Å². The Labute approximate surface area is 203 Å². The van der Waals surface area contributed by atoms with Crippen molar-refractivity contribution in [3.05, 3.63) is 0 Å². The zero-order valence-electron chi connectivity index (χ0n) is 22.5. The highest BCUT2D eigenvalue weighted by atomic mass is 16.6. The van der Waals surface area contributed by atoms with E-state index >= 15 is 0 Å². The van der Waals surface area contributed by atoms with E-state index in [0.29, 0.717) is 31.7 Å². The highest BCUT2D eigenvalue weighted by molar-refractivity contribution is 5.88. The summed E-state index contributed by atoms with van der Waals surface area (Å²) in [7, 11) is 0. The summed E-state index contributed by atoms with van der Waals surface area (Å²) in [6.45, 7) is 13.4. The first-order valence-electron chi connectivity index (χ1n) is 13.9. The summed E-state index contributed by atoms with van der Waals surface area (Å²) in [5.41, 5.74) is -1.74. The molecule has 5 nitrogen and oxygen atoms in total. The molecule has 2 heterocycles. The Bertz CT molecular complexity index is 630. The van der Waals surface area contributed by atoms with Crippen molar-refractivity contribution in [1.29, 1.82) is 0 Å². The summed E-state index contributed by atoms with van der Waals surface area (Å²) in [6, 6.07) is 0. The van der Waals surface area contributed by atoms with Crippen molar-refractivity contribution in [3.8, 4) is 0 Å². The minimum atomic E-state index is -0.799. The number of β-amino-alcohol motifs (C(OH)–C–C–N with tert-alkyl or cyclic N) is 1. The van der Waals surface area contributed by atoms with Crippen LogP contribution in [-0.2, 0) is 9.53 Å². The molecule has 1 unspecified atom stereocenters. The van der Waals surface area contributed by atoms with E-state index in [0.717, 1.165) is 25.7 Å². The minimum absolute atomic E-state index is 0.125. The summed E-state index contributed by atoms with van der Waals surface area (Å²) in [5, 5.41) is 14.7. The standard InChI is InChI=1S/C28H52N2O3/c1-22(2)18-23(31)19-30-24(32)27(20-25(3,4)29-26(5,6)21-27)33-28(30)16-14-12-10-8-7-9-11-13-15-17-28/h22-23,29,31H,7-21H2,1-6H3. The van der Waals surface area contributed by atoms with Crippen LogP contribution in [0, 0.1) is 5.92 Å². The predicted molar refractivity (Wildman–Crippen MR) is 135 cm³/mol. The molecule has 0 radical (unpaired) electrons. The number of ether oxygens (including phenoxy) is 1. The Hall–Kier alpha value is -0.650. The second-order valence-corrected chi connectivity index (χ2v) is 13.2. The van der Waals surface area contributed by atoms with Gasteiger partial charge in [-0.1, -0.05) is 58.8 Å². The van der Waals surface area contributed by atoms with Crippen molar-refractivity contribution in [1.82, 2.24) is 10.2 Å². The summed E-state index contributed by atoms with van der Waals surface area (Å²) >= 11 is 0. The molecule has 1 saturated carbocycles. The molecule has 192 valence electrons. The Balaban J connectivity index is 1.95. The molecular formula is C28H52N2O3. The molecule has 5 heteroatoms. The maximum Gasteiger partial charge on any atom is 0.257 e. The lowest BCUT2D eigenvalue weighted by atomic mass is 9.72. The summed E-state index contributed by atoms with van der Waals surface area (Å²) in [6.07, 6.45) is 14.5. The van der Waals surface area contributed by atoms with Gasteiger partial charge >= 0.3 is 0 Å². The largest absolute Gasteiger partial charge is 0.391 e. The normalized spacial score (nSPS) is 28.6. The van der Waals surface area contributed by atoms with Gasteiger partial charge in [-0.05, 0) is 65.7 Å². The van der Waals surface area contributed by atoms with Crippen molar-refractivity contribution >= 4 is 5.91 Å². The first kappa shape index (κ1) is 26.9. The van der Waals surface area contributed by atoms with E-state index in [2.05, 4.69) is 46.9 Å². The fraction of sp³-hybridized carbons (Fsp3) is 0.964. The monoisotopic (exact) mass is 464 g/mol. The van der Waals surface area contributed by atoms with E-state index in [9.17, 15) is 9.90 Å². The van der Waals surface area contributed by atoms with Gasteiger partial charge in [0.15, 0.2) is 5.60 Å². The number of carbonyl (C=O) groups excluding carboxylic acids is 1. The smallest absolute Gasteiger partial charge is 0.257 e. The van der Waals surface area contributed by atoms with E-state index in [-0.39, 0.29) is 17.0 Å². The number of aliphatic hydroxyl groups excluding tert-OH is 1. The number of amides is 1. The summed E-state index contributed by atoms with van der Waals surface area (Å²) in [5.74, 6) is 0.525. The fourth-order valence-corrected chi connectivity index (χ4v) is 7.23. The van der Waals surface area contributed by atoms with Gasteiger partial charge in [-0.2, -0.15) is 0 Å². The number of nitrogens with zero attached hydrogens (tertiary/aromatic N) is 1. The molecule has 3 aliphatic rings. The maximum absolute atomic E-state index is 14.3. The van der Waals surface area contributed by atoms with Crippen molar-refractivity contribution in [2.75, 3.05) is 6.54 Å². The highest BCUT2D eigenvalue weighted by Crippen LogP contribution is 2.51. The van der Waals surface area contributed by atoms with Crippen molar-refractivity contribution < 1.29 is 14.6 Å². The molecule has 3 fully saturated rings. The number of aliphatic hydroxyl groups is 1. The van der Waals surface area contributed by atoms with Gasteiger partial charge in [0, 0.05) is 30.5 Å². The lowest BCUT2D eigenvalue weighted by Crippen LogP contribution is -2.65. The van der Waals surface area contributed by atoms with Crippen LogP contribution < -0.4 is 5.32 Å². The average Bonchev–Trinajstić information content (AvgIpc) is 2.83. The number of rotatable bonds is 4. The molecule has 0 bridgehead atoms. The molecule has 2 spiro atoms. The average molecular weight is 465 g/mol. The van der Waals surface area contributed by atoms with Gasteiger partial charge in [-0.15, -0.1) is 0 Å². The van der Waals surface area contributed by atoms with Crippen LogP contribution in [-0.4, -0.2) is 51.0 Å². The predicted octanol–water partition coefficient (Wildman–Crippen LogP) is 5.93. The van der Waals surface area contributed by atoms with Gasteiger partial charge in [0.05, 0.1) is 6.10 Å². The first-order valence-corrected chi connectivity index (χ1v) is 13.9. The van der Waals surface area contributed by atoms with Crippen molar-refractivity contribution in [2.45, 2.75) is 160 Å². The molecule has 2 saturated heterocycles. The highest BCUT2D eigenvalue weighted by Gasteiger charge is 2.64. The summed E-state index contributed by atoms with van der Waals surface area (Å²) in [4.78, 5) is 16.3. The van der Waals surface area contributed by atoms with Crippen molar-refractivity contribution in [2.24, 2.45) is 5.92 Å². The topological polar surface area (TPSA) is 61.8 Å². The van der Waals surface area contributed by atoms with Gasteiger partial charge in [0.2, 0.25) is 0 Å². The number of hydrogen-bond donors (Lipinski definition) is 2. The third-order valence-electron chi connectivity index (χ3n) is 7.92. The molecule has 0 aromatic heterocycles. The van der Waals surface area contributed by atoms with Crippen LogP contribution in [0.2, 0.25) is 0 Å². The summed E-state index contributed by atoms with van der Waals surface area (Å²) < 4.78 is 7.15. The Morgan fingerprint density at radius 1 is 0.879 bits per heavy atom. The second kappa shape index (κ2) is 10.5. The minimum Gasteiger partial charge on any atom is -0.391 e. The van der Waals surface area contributed by atoms with Gasteiger partial charge in [0.1, 0.15) is 5.72 Å². The van der Waals surface area contributed by atoms with Crippen LogP contribution >= 0.6 is 0 Å². The van der Waals surface area contributed by atoms with Gasteiger partial charge in [-0.3, -0.25) is 4.79 Å². The molecule has 0 aromatic carbocycles. The number of hydrogen-bond acceptors (Lipinski definition) is 4.